The summed E-state index contributed by atoms with van der Waals surface area (Å²) in [6.07, 6.45) is 0. The summed E-state index contributed by atoms with van der Waals surface area (Å²) >= 11 is 1.31. The van der Waals surface area contributed by atoms with Crippen LogP contribution in [0.3, 0.4) is 0 Å². The SMILES string of the molecule is Cc1ccc(CN(C)C(=O)COC(=O)c2csc(NCc3ccccc3)n2)o1. The normalized spacial score (nSPS) is 10.5. The van der Waals surface area contributed by atoms with Gasteiger partial charge in [-0.25, -0.2) is 9.78 Å². The lowest BCUT2D eigenvalue weighted by atomic mass is 10.2. The third kappa shape index (κ3) is 5.43. The lowest BCUT2D eigenvalue weighted by Gasteiger charge is -2.15. The second kappa shape index (κ2) is 9.18. The Labute approximate surface area is 167 Å². The number of anilines is 1. The summed E-state index contributed by atoms with van der Waals surface area (Å²) in [5.41, 5.74) is 1.29. The minimum absolute atomic E-state index is 0.178. The fraction of sp³-hybridized carbons (Fsp3) is 0.250. The van der Waals surface area contributed by atoms with Gasteiger partial charge in [0.05, 0.1) is 6.54 Å². The van der Waals surface area contributed by atoms with Crippen LogP contribution in [-0.2, 0) is 22.6 Å². The number of rotatable bonds is 8. The van der Waals surface area contributed by atoms with Crippen LogP contribution in [0.5, 0.6) is 0 Å². The second-order valence-electron chi connectivity index (χ2n) is 6.22. The van der Waals surface area contributed by atoms with Crippen LogP contribution in [0.25, 0.3) is 0 Å². The monoisotopic (exact) mass is 399 g/mol. The Hall–Kier alpha value is -3.13. The zero-order valence-electron chi connectivity index (χ0n) is 15.7. The third-order valence-electron chi connectivity index (χ3n) is 3.94. The van der Waals surface area contributed by atoms with Crippen molar-refractivity contribution in [1.29, 1.82) is 0 Å². The first-order valence-corrected chi connectivity index (χ1v) is 9.59. The molecule has 28 heavy (non-hydrogen) atoms. The molecule has 0 bridgehead atoms. The second-order valence-corrected chi connectivity index (χ2v) is 7.07. The van der Waals surface area contributed by atoms with E-state index in [1.54, 1.807) is 12.4 Å². The van der Waals surface area contributed by atoms with Crippen molar-refractivity contribution in [3.63, 3.8) is 0 Å². The van der Waals surface area contributed by atoms with Crippen LogP contribution >= 0.6 is 11.3 Å². The number of carbonyl (C=O) groups excluding carboxylic acids is 2. The van der Waals surface area contributed by atoms with Crippen LogP contribution in [0.1, 0.15) is 27.6 Å². The van der Waals surface area contributed by atoms with Gasteiger partial charge >= 0.3 is 5.97 Å². The number of esters is 1. The fourth-order valence-corrected chi connectivity index (χ4v) is 3.10. The zero-order chi connectivity index (χ0) is 19.9. The van der Waals surface area contributed by atoms with Gasteiger partial charge in [-0.3, -0.25) is 4.79 Å². The lowest BCUT2D eigenvalue weighted by molar-refractivity contribution is -0.134. The lowest BCUT2D eigenvalue weighted by Crippen LogP contribution is -2.30. The molecule has 0 atom stereocenters. The van der Waals surface area contributed by atoms with Gasteiger partial charge < -0.3 is 19.4 Å². The van der Waals surface area contributed by atoms with E-state index in [2.05, 4.69) is 10.3 Å². The molecule has 0 saturated heterocycles. The molecule has 0 aliphatic rings. The number of carbonyl (C=O) groups is 2. The van der Waals surface area contributed by atoms with Crippen molar-refractivity contribution in [2.75, 3.05) is 19.0 Å². The number of hydrogen-bond donors (Lipinski definition) is 1. The first-order chi connectivity index (χ1) is 13.5. The number of likely N-dealkylation sites (N-methyl/N-ethyl adjacent to an activating group) is 1. The number of nitrogens with zero attached hydrogens (tertiary/aromatic N) is 2. The largest absolute Gasteiger partial charge is 0.464 e. The average Bonchev–Trinajstić information content (AvgIpc) is 3.34. The van der Waals surface area contributed by atoms with Crippen molar-refractivity contribution in [3.05, 3.63) is 70.6 Å². The smallest absolute Gasteiger partial charge is 0.358 e. The first kappa shape index (κ1) is 19.6. The number of ether oxygens (including phenoxy) is 1. The molecular weight excluding hydrogens is 378 g/mol. The summed E-state index contributed by atoms with van der Waals surface area (Å²) in [5, 5.41) is 5.39. The zero-order valence-corrected chi connectivity index (χ0v) is 16.5. The Balaban J connectivity index is 1.45. The van der Waals surface area contributed by atoms with E-state index in [4.69, 9.17) is 9.15 Å². The molecule has 0 aliphatic heterocycles. The van der Waals surface area contributed by atoms with E-state index in [0.29, 0.717) is 24.0 Å². The molecule has 0 aliphatic carbocycles. The number of furan rings is 1. The van der Waals surface area contributed by atoms with Gasteiger partial charge in [-0.15, -0.1) is 11.3 Å². The summed E-state index contributed by atoms with van der Waals surface area (Å²) in [4.78, 5) is 29.9. The molecule has 0 saturated carbocycles. The van der Waals surface area contributed by atoms with E-state index in [1.165, 1.54) is 16.2 Å². The van der Waals surface area contributed by atoms with Crippen LogP contribution in [0.2, 0.25) is 0 Å². The number of benzene rings is 1. The van der Waals surface area contributed by atoms with Gasteiger partial charge in [-0.05, 0) is 24.6 Å². The number of aromatic nitrogens is 1. The Bertz CT molecular complexity index is 936. The molecule has 2 aromatic heterocycles. The van der Waals surface area contributed by atoms with Crippen molar-refractivity contribution < 1.29 is 18.7 Å². The van der Waals surface area contributed by atoms with Crippen molar-refractivity contribution >= 4 is 28.3 Å². The molecule has 1 aromatic carbocycles. The summed E-state index contributed by atoms with van der Waals surface area (Å²) in [7, 11) is 1.63. The molecular formula is C20H21N3O4S. The molecule has 0 fully saturated rings. The molecule has 0 radical (unpaired) electrons. The highest BCUT2D eigenvalue weighted by Crippen LogP contribution is 2.17. The molecule has 3 rings (SSSR count). The highest BCUT2D eigenvalue weighted by atomic mass is 32.1. The molecule has 1 N–H and O–H groups in total. The van der Waals surface area contributed by atoms with Gasteiger partial charge in [0.2, 0.25) is 0 Å². The summed E-state index contributed by atoms with van der Waals surface area (Å²) in [6.45, 7) is 2.41. The van der Waals surface area contributed by atoms with E-state index in [0.717, 1.165) is 11.3 Å². The fourth-order valence-electron chi connectivity index (χ4n) is 2.43. The molecule has 1 amide bonds. The van der Waals surface area contributed by atoms with Gasteiger partial charge in [0, 0.05) is 19.0 Å². The van der Waals surface area contributed by atoms with Crippen molar-refractivity contribution in [1.82, 2.24) is 9.88 Å². The highest BCUT2D eigenvalue weighted by molar-refractivity contribution is 7.13. The van der Waals surface area contributed by atoms with E-state index < -0.39 is 5.97 Å². The molecule has 146 valence electrons. The summed E-state index contributed by atoms with van der Waals surface area (Å²) in [6, 6.07) is 13.5. The van der Waals surface area contributed by atoms with E-state index in [-0.39, 0.29) is 18.2 Å². The minimum atomic E-state index is -0.625. The number of hydrogen-bond acceptors (Lipinski definition) is 7. The van der Waals surface area contributed by atoms with Crippen LogP contribution in [0.15, 0.2) is 52.3 Å². The predicted octanol–water partition coefficient (Wildman–Crippen LogP) is 3.47. The molecule has 3 aromatic rings. The van der Waals surface area contributed by atoms with Crippen molar-refractivity contribution in [2.45, 2.75) is 20.0 Å². The Morgan fingerprint density at radius 3 is 2.71 bits per heavy atom. The molecule has 0 unspecified atom stereocenters. The van der Waals surface area contributed by atoms with Gasteiger partial charge in [-0.1, -0.05) is 30.3 Å². The van der Waals surface area contributed by atoms with E-state index >= 15 is 0 Å². The van der Waals surface area contributed by atoms with Crippen LogP contribution in [0.4, 0.5) is 5.13 Å². The minimum Gasteiger partial charge on any atom is -0.464 e. The molecule has 8 heteroatoms. The van der Waals surface area contributed by atoms with Gasteiger partial charge in [0.15, 0.2) is 17.4 Å². The Kier molecular flexibility index (Phi) is 6.44. The molecule has 7 nitrogen and oxygen atoms in total. The molecule has 2 heterocycles. The van der Waals surface area contributed by atoms with Crippen LogP contribution in [-0.4, -0.2) is 35.4 Å². The maximum absolute atomic E-state index is 12.1. The number of thiazole rings is 1. The van der Waals surface area contributed by atoms with E-state index in [9.17, 15) is 9.59 Å². The average molecular weight is 399 g/mol. The predicted molar refractivity (Wildman–Crippen MR) is 106 cm³/mol. The topological polar surface area (TPSA) is 84.7 Å². The van der Waals surface area contributed by atoms with Crippen LogP contribution in [0, 0.1) is 6.92 Å². The summed E-state index contributed by atoms with van der Waals surface area (Å²) < 4.78 is 10.5. The number of nitrogens with one attached hydrogen (secondary N) is 1. The van der Waals surface area contributed by atoms with Gasteiger partial charge in [-0.2, -0.15) is 0 Å². The highest BCUT2D eigenvalue weighted by Gasteiger charge is 2.17. The summed E-state index contributed by atoms with van der Waals surface area (Å²) in [5.74, 6) is 0.510. The maximum atomic E-state index is 12.1. The Morgan fingerprint density at radius 1 is 1.21 bits per heavy atom. The van der Waals surface area contributed by atoms with E-state index in [1.807, 2.05) is 49.4 Å². The first-order valence-electron chi connectivity index (χ1n) is 8.71. The quantitative estimate of drug-likeness (QED) is 0.584. The number of amides is 1. The van der Waals surface area contributed by atoms with Gasteiger partial charge in [0.1, 0.15) is 11.5 Å². The van der Waals surface area contributed by atoms with Crippen molar-refractivity contribution in [3.8, 4) is 0 Å². The Morgan fingerprint density at radius 2 is 2.00 bits per heavy atom. The van der Waals surface area contributed by atoms with Gasteiger partial charge in [0.25, 0.3) is 5.91 Å². The molecule has 0 spiro atoms. The van der Waals surface area contributed by atoms with Crippen molar-refractivity contribution in [2.24, 2.45) is 0 Å². The number of aryl methyl sites for hydroxylation is 1. The van der Waals surface area contributed by atoms with Crippen LogP contribution < -0.4 is 5.32 Å². The third-order valence-corrected chi connectivity index (χ3v) is 4.74. The standard InChI is InChI=1S/C20H21N3O4S/c1-14-8-9-16(27-14)11-23(2)18(24)12-26-19(25)17-13-28-20(22-17)21-10-15-6-4-3-5-7-15/h3-9,13H,10-12H2,1-2H3,(H,21,22). The maximum Gasteiger partial charge on any atom is 0.358 e.